The van der Waals surface area contributed by atoms with Crippen molar-refractivity contribution in [2.45, 2.75) is 19.3 Å². The van der Waals surface area contributed by atoms with Crippen LogP contribution in [-0.2, 0) is 4.74 Å². The van der Waals surface area contributed by atoms with Crippen molar-refractivity contribution < 1.29 is 9.53 Å². The monoisotopic (exact) mass is 220 g/mol. The first kappa shape index (κ1) is 10.8. The van der Waals surface area contributed by atoms with E-state index in [0.29, 0.717) is 29.5 Å². The van der Waals surface area contributed by atoms with Gasteiger partial charge < -0.3 is 16.2 Å². The summed E-state index contributed by atoms with van der Waals surface area (Å²) >= 11 is 0. The fraction of sp³-hybridized carbons (Fsp3) is 0.417. The number of rotatable bonds is 3. The van der Waals surface area contributed by atoms with Gasteiger partial charge >= 0.3 is 5.97 Å². The second-order valence-electron chi connectivity index (χ2n) is 4.24. The van der Waals surface area contributed by atoms with Crippen molar-refractivity contribution in [1.82, 2.24) is 0 Å². The van der Waals surface area contributed by atoms with Crippen LogP contribution >= 0.6 is 0 Å². The minimum Gasteiger partial charge on any atom is -0.462 e. The van der Waals surface area contributed by atoms with Crippen LogP contribution in [0.2, 0.25) is 0 Å². The number of ether oxygens (including phenoxy) is 1. The van der Waals surface area contributed by atoms with Crippen molar-refractivity contribution >= 4 is 17.3 Å². The van der Waals surface area contributed by atoms with Crippen LogP contribution in [0.15, 0.2) is 18.2 Å². The fourth-order valence-corrected chi connectivity index (χ4v) is 1.70. The van der Waals surface area contributed by atoms with Gasteiger partial charge in [-0.3, -0.25) is 0 Å². The van der Waals surface area contributed by atoms with Crippen LogP contribution in [0.4, 0.5) is 11.4 Å². The van der Waals surface area contributed by atoms with Gasteiger partial charge in [0.05, 0.1) is 12.2 Å². The zero-order valence-corrected chi connectivity index (χ0v) is 9.11. The lowest BCUT2D eigenvalue weighted by atomic mass is 9.86. The first-order valence-corrected chi connectivity index (χ1v) is 5.49. The van der Waals surface area contributed by atoms with Gasteiger partial charge in [-0.25, -0.2) is 4.79 Å². The fourth-order valence-electron chi connectivity index (χ4n) is 1.70. The van der Waals surface area contributed by atoms with Crippen LogP contribution in [-0.4, -0.2) is 12.6 Å². The lowest BCUT2D eigenvalue weighted by Gasteiger charge is -2.24. The van der Waals surface area contributed by atoms with Crippen molar-refractivity contribution in [2.75, 3.05) is 18.1 Å². The van der Waals surface area contributed by atoms with Crippen LogP contribution in [0.5, 0.6) is 0 Å². The molecule has 1 aliphatic rings. The van der Waals surface area contributed by atoms with Crippen LogP contribution < -0.4 is 11.5 Å². The third-order valence-corrected chi connectivity index (χ3v) is 2.97. The molecule has 16 heavy (non-hydrogen) atoms. The summed E-state index contributed by atoms with van der Waals surface area (Å²) in [6, 6.07) is 4.82. The van der Waals surface area contributed by atoms with E-state index in [2.05, 4.69) is 0 Å². The summed E-state index contributed by atoms with van der Waals surface area (Å²) in [6.07, 6.45) is 3.56. The second kappa shape index (κ2) is 4.43. The van der Waals surface area contributed by atoms with Gasteiger partial charge in [0, 0.05) is 11.4 Å². The van der Waals surface area contributed by atoms with E-state index in [1.165, 1.54) is 6.42 Å². The van der Waals surface area contributed by atoms with E-state index in [-0.39, 0.29) is 5.97 Å². The molecule has 0 unspecified atom stereocenters. The largest absolute Gasteiger partial charge is 0.462 e. The SMILES string of the molecule is Nc1ccc(C(=O)OCC2CCC2)c(N)c1. The van der Waals surface area contributed by atoms with Crippen LogP contribution in [0, 0.1) is 5.92 Å². The Morgan fingerprint density at radius 2 is 2.12 bits per heavy atom. The average molecular weight is 220 g/mol. The zero-order chi connectivity index (χ0) is 11.5. The van der Waals surface area contributed by atoms with Crippen molar-refractivity contribution in [3.8, 4) is 0 Å². The van der Waals surface area contributed by atoms with E-state index < -0.39 is 0 Å². The first-order valence-electron chi connectivity index (χ1n) is 5.49. The molecule has 0 amide bonds. The Labute approximate surface area is 94.6 Å². The molecular weight excluding hydrogens is 204 g/mol. The zero-order valence-electron chi connectivity index (χ0n) is 9.11. The highest BCUT2D eigenvalue weighted by Crippen LogP contribution is 2.27. The Morgan fingerprint density at radius 3 is 2.69 bits per heavy atom. The molecule has 1 fully saturated rings. The van der Waals surface area contributed by atoms with E-state index in [1.807, 2.05) is 0 Å². The van der Waals surface area contributed by atoms with Crippen LogP contribution in [0.25, 0.3) is 0 Å². The number of nitrogen functional groups attached to an aromatic ring is 2. The molecule has 86 valence electrons. The van der Waals surface area contributed by atoms with Crippen molar-refractivity contribution in [2.24, 2.45) is 5.92 Å². The number of anilines is 2. The highest BCUT2D eigenvalue weighted by molar-refractivity contribution is 5.95. The molecule has 0 aliphatic heterocycles. The number of hydrogen-bond acceptors (Lipinski definition) is 4. The summed E-state index contributed by atoms with van der Waals surface area (Å²) < 4.78 is 5.19. The molecule has 0 saturated heterocycles. The molecule has 0 aromatic heterocycles. The number of benzene rings is 1. The third-order valence-electron chi connectivity index (χ3n) is 2.97. The highest BCUT2D eigenvalue weighted by atomic mass is 16.5. The van der Waals surface area contributed by atoms with E-state index in [0.717, 1.165) is 12.8 Å². The number of carbonyl (C=O) groups excluding carboxylic acids is 1. The number of nitrogens with two attached hydrogens (primary N) is 2. The lowest BCUT2D eigenvalue weighted by Crippen LogP contribution is -2.20. The first-order chi connectivity index (χ1) is 7.66. The minimum absolute atomic E-state index is 0.357. The molecule has 1 aromatic carbocycles. The van der Waals surface area contributed by atoms with Crippen LogP contribution in [0.1, 0.15) is 29.6 Å². The minimum atomic E-state index is -0.357. The average Bonchev–Trinajstić information content (AvgIpc) is 2.14. The van der Waals surface area contributed by atoms with Gasteiger partial charge in [0.25, 0.3) is 0 Å². The third kappa shape index (κ3) is 2.27. The quantitative estimate of drug-likeness (QED) is 0.601. The van der Waals surface area contributed by atoms with E-state index in [9.17, 15) is 4.79 Å². The molecule has 0 radical (unpaired) electrons. The Kier molecular flexibility index (Phi) is 2.99. The Hall–Kier alpha value is -1.71. The Bertz CT molecular complexity index is 400. The number of carbonyl (C=O) groups is 1. The second-order valence-corrected chi connectivity index (χ2v) is 4.24. The molecule has 4 heteroatoms. The summed E-state index contributed by atoms with van der Waals surface area (Å²) in [5, 5.41) is 0. The van der Waals surface area contributed by atoms with Gasteiger partial charge in [0.1, 0.15) is 0 Å². The molecular formula is C12H16N2O2. The van der Waals surface area contributed by atoms with E-state index in [1.54, 1.807) is 18.2 Å². The summed E-state index contributed by atoms with van der Waals surface area (Å²) in [4.78, 5) is 11.7. The van der Waals surface area contributed by atoms with Crippen molar-refractivity contribution in [3.05, 3.63) is 23.8 Å². The molecule has 2 rings (SSSR count). The molecule has 1 saturated carbocycles. The molecule has 0 heterocycles. The Balaban J connectivity index is 1.96. The molecule has 0 spiro atoms. The molecule has 4 N–H and O–H groups in total. The number of hydrogen-bond donors (Lipinski definition) is 2. The summed E-state index contributed by atoms with van der Waals surface area (Å²) in [7, 11) is 0. The Morgan fingerprint density at radius 1 is 1.38 bits per heavy atom. The standard InChI is InChI=1S/C12H16N2O2/c13-9-4-5-10(11(14)6-9)12(15)16-7-8-2-1-3-8/h4-6,8H,1-3,7,13-14H2. The molecule has 0 atom stereocenters. The molecule has 1 aliphatic carbocycles. The van der Waals surface area contributed by atoms with E-state index in [4.69, 9.17) is 16.2 Å². The maximum atomic E-state index is 11.7. The predicted octanol–water partition coefficient (Wildman–Crippen LogP) is 1.81. The van der Waals surface area contributed by atoms with Gasteiger partial charge in [0.15, 0.2) is 0 Å². The van der Waals surface area contributed by atoms with Gasteiger partial charge in [-0.2, -0.15) is 0 Å². The molecule has 0 bridgehead atoms. The predicted molar refractivity (Wildman–Crippen MR) is 62.9 cm³/mol. The lowest BCUT2D eigenvalue weighted by molar-refractivity contribution is 0.0373. The van der Waals surface area contributed by atoms with Gasteiger partial charge in [-0.1, -0.05) is 6.42 Å². The summed E-state index contributed by atoms with van der Waals surface area (Å²) in [5.74, 6) is 0.184. The van der Waals surface area contributed by atoms with Gasteiger partial charge in [0.2, 0.25) is 0 Å². The molecule has 4 nitrogen and oxygen atoms in total. The maximum Gasteiger partial charge on any atom is 0.340 e. The van der Waals surface area contributed by atoms with Crippen LogP contribution in [0.3, 0.4) is 0 Å². The highest BCUT2D eigenvalue weighted by Gasteiger charge is 2.20. The molecule has 1 aromatic rings. The van der Waals surface area contributed by atoms with Crippen molar-refractivity contribution in [3.63, 3.8) is 0 Å². The normalized spacial score (nSPS) is 15.5. The van der Waals surface area contributed by atoms with Crippen molar-refractivity contribution in [1.29, 1.82) is 0 Å². The van der Waals surface area contributed by atoms with Gasteiger partial charge in [-0.05, 0) is 37.0 Å². The number of esters is 1. The smallest absolute Gasteiger partial charge is 0.340 e. The topological polar surface area (TPSA) is 78.3 Å². The van der Waals surface area contributed by atoms with E-state index >= 15 is 0 Å². The summed E-state index contributed by atoms with van der Waals surface area (Å²) in [6.45, 7) is 0.503. The van der Waals surface area contributed by atoms with Gasteiger partial charge in [-0.15, -0.1) is 0 Å². The summed E-state index contributed by atoms with van der Waals surface area (Å²) in [5.41, 5.74) is 12.6. The maximum absolute atomic E-state index is 11.7.